The number of alkyl halides is 1. The van der Waals surface area contributed by atoms with Gasteiger partial charge in [0.1, 0.15) is 48.6 Å². The van der Waals surface area contributed by atoms with Crippen LogP contribution in [0.1, 0.15) is 26.2 Å². The molecule has 3 rings (SSSR count). The minimum absolute atomic E-state index is 0.0114. The van der Waals surface area contributed by atoms with Crippen LogP contribution < -0.4 is 38.7 Å². The number of hydrogen-bond donors (Lipinski definition) is 12. The van der Waals surface area contributed by atoms with E-state index in [1.807, 2.05) is 0 Å². The van der Waals surface area contributed by atoms with Gasteiger partial charge in [-0.1, -0.05) is 0 Å². The summed E-state index contributed by atoms with van der Waals surface area (Å²) in [7, 11) is 1.55. The number of amides is 1. The molecule has 15 N–H and O–H groups in total. The number of aliphatic hydroxyl groups excluding tert-OH is 3. The summed E-state index contributed by atoms with van der Waals surface area (Å²) in [6.07, 6.45) is -8.56. The molecule has 6 unspecified atom stereocenters. The third-order valence-corrected chi connectivity index (χ3v) is 7.86. The molecule has 1 amide bonds. The quantitative estimate of drug-likeness (QED) is 0.0425. The van der Waals surface area contributed by atoms with Gasteiger partial charge in [-0.25, -0.2) is 4.39 Å². The molecule has 42 heavy (non-hydrogen) atoms. The lowest BCUT2D eigenvalue weighted by Crippen LogP contribution is -2.69. The van der Waals surface area contributed by atoms with Gasteiger partial charge in [0.15, 0.2) is 12.6 Å². The van der Waals surface area contributed by atoms with Crippen molar-refractivity contribution in [3.8, 4) is 0 Å². The van der Waals surface area contributed by atoms with Crippen molar-refractivity contribution in [2.45, 2.75) is 105 Å². The number of nitrogens with two attached hydrogens (primary N) is 3. The van der Waals surface area contributed by atoms with E-state index in [0.29, 0.717) is 12.8 Å². The first-order valence-corrected chi connectivity index (χ1v) is 14.0. The number of aliphatic hydroxyl groups is 4. The lowest BCUT2D eigenvalue weighted by molar-refractivity contribution is -0.307. The third-order valence-electron chi connectivity index (χ3n) is 7.86. The van der Waals surface area contributed by atoms with Crippen molar-refractivity contribution in [3.63, 3.8) is 0 Å². The highest BCUT2D eigenvalue weighted by Crippen LogP contribution is 2.32. The van der Waals surface area contributed by atoms with Crippen LogP contribution in [0.15, 0.2) is 0 Å². The highest BCUT2D eigenvalue weighted by Gasteiger charge is 2.52. The van der Waals surface area contributed by atoms with Gasteiger partial charge in [-0.2, -0.15) is 0 Å². The number of carbonyl (C=O) groups is 1. The summed E-state index contributed by atoms with van der Waals surface area (Å²) < 4.78 is 36.3. The molecule has 1 aliphatic carbocycles. The van der Waals surface area contributed by atoms with Crippen LogP contribution in [0.5, 0.6) is 0 Å². The molecule has 0 aromatic rings. The monoisotopic (exact) mass is 610 g/mol. The van der Waals surface area contributed by atoms with Crippen LogP contribution in [0.25, 0.3) is 0 Å². The van der Waals surface area contributed by atoms with E-state index in [9.17, 15) is 29.6 Å². The first-order valence-electron chi connectivity index (χ1n) is 14.0. The summed E-state index contributed by atoms with van der Waals surface area (Å²) in [5.41, 5.74) is 13.4. The van der Waals surface area contributed by atoms with Crippen molar-refractivity contribution >= 4 is 11.7 Å². The van der Waals surface area contributed by atoms with E-state index in [1.165, 1.54) is 6.92 Å². The van der Waals surface area contributed by atoms with Crippen molar-refractivity contribution in [2.24, 2.45) is 17.3 Å². The summed E-state index contributed by atoms with van der Waals surface area (Å²) in [5.74, 6) is 4.12. The molecule has 0 aromatic heterocycles. The Morgan fingerprint density at radius 1 is 1.17 bits per heavy atom. The second-order valence-corrected chi connectivity index (χ2v) is 11.3. The van der Waals surface area contributed by atoms with Gasteiger partial charge in [0.25, 0.3) is 5.91 Å². The van der Waals surface area contributed by atoms with E-state index in [2.05, 4.69) is 21.4 Å². The molecule has 1 saturated carbocycles. The van der Waals surface area contributed by atoms with Gasteiger partial charge in [-0.3, -0.25) is 21.5 Å². The molecule has 18 heteroatoms. The summed E-state index contributed by atoms with van der Waals surface area (Å²) >= 11 is 0. The minimum Gasteiger partial charge on any atom is -0.388 e. The maximum Gasteiger partial charge on any atom is 0.250 e. The normalized spacial score (nSPS) is 41.6. The third kappa shape index (κ3) is 8.50. The molecule has 0 bridgehead atoms. The standard InChI is InChI=1S/C24H47FN8O9/c1-24(38)9-39-23(17(36)20(24)30-2)42-19-13(33-21(37)14(34)8-32-29)5-12(27)18(16(19)35)41-22-11(26)4-3-10(40-22)7-31-15(28)6-25/h10-14,16-20,22-23,30,32,34-36,38H,3-9,26-27,29H2,1-2H3,(H2,28,31)(H,33,37)/t10-,11?,12-,13+,14-,16?,17?,18?,19?,20+,22+,23+,24?/m0/s1. The predicted molar refractivity (Wildman–Crippen MR) is 145 cm³/mol. The van der Waals surface area contributed by atoms with Crippen molar-refractivity contribution in [2.75, 3.05) is 33.4 Å². The van der Waals surface area contributed by atoms with Gasteiger partial charge in [0.2, 0.25) is 0 Å². The number of amidine groups is 1. The van der Waals surface area contributed by atoms with Gasteiger partial charge in [-0.05, 0) is 33.2 Å². The average Bonchev–Trinajstić information content (AvgIpc) is 2.94. The number of likely N-dealkylation sites (N-methyl/N-ethyl adjacent to an activating group) is 1. The highest BCUT2D eigenvalue weighted by molar-refractivity contribution is 5.81. The number of halogens is 1. The van der Waals surface area contributed by atoms with Crippen molar-refractivity contribution in [3.05, 3.63) is 0 Å². The lowest BCUT2D eigenvalue weighted by atomic mass is 9.83. The van der Waals surface area contributed by atoms with Crippen LogP contribution in [0.3, 0.4) is 0 Å². The van der Waals surface area contributed by atoms with E-state index in [0.717, 1.165) is 0 Å². The first kappa shape index (κ1) is 34.8. The Kier molecular flexibility index (Phi) is 12.8. The Morgan fingerprint density at radius 2 is 1.86 bits per heavy atom. The molecule has 3 aliphatic rings. The fourth-order valence-electron chi connectivity index (χ4n) is 5.54. The zero-order chi connectivity index (χ0) is 31.2. The number of hydrogen-bond acceptors (Lipinski definition) is 15. The van der Waals surface area contributed by atoms with Crippen molar-refractivity contribution in [1.82, 2.24) is 21.4 Å². The van der Waals surface area contributed by atoms with E-state index in [-0.39, 0.29) is 32.0 Å². The second-order valence-electron chi connectivity index (χ2n) is 11.3. The SMILES string of the molecule is CN[C@@H]1C(O)[C@@H](OC2C(O)C(O[C@H]3O[C@H](CNC(=N)CF)CCC3N)[C@@H](N)C[C@H]2NC(=O)[C@@H](O)CNN)OCC1(C)O. The van der Waals surface area contributed by atoms with E-state index in [4.69, 9.17) is 41.7 Å². The maximum atomic E-state index is 12.7. The number of ether oxygens (including phenoxy) is 4. The van der Waals surface area contributed by atoms with Gasteiger partial charge in [0, 0.05) is 19.1 Å². The number of nitrogens with one attached hydrogen (secondary N) is 5. The van der Waals surface area contributed by atoms with E-state index >= 15 is 0 Å². The predicted octanol–water partition coefficient (Wildman–Crippen LogP) is -5.42. The molecule has 3 fully saturated rings. The van der Waals surface area contributed by atoms with Crippen LogP contribution in [-0.4, -0.2) is 145 Å². The van der Waals surface area contributed by atoms with Gasteiger partial charge >= 0.3 is 0 Å². The summed E-state index contributed by atoms with van der Waals surface area (Å²) in [6, 6.07) is -3.27. The van der Waals surface area contributed by atoms with Crippen LogP contribution >= 0.6 is 0 Å². The molecule has 17 nitrogen and oxygen atoms in total. The summed E-state index contributed by atoms with van der Waals surface area (Å²) in [6.45, 7) is 0.242. The van der Waals surface area contributed by atoms with Crippen LogP contribution in [0.4, 0.5) is 4.39 Å². The molecule has 2 saturated heterocycles. The van der Waals surface area contributed by atoms with Gasteiger partial charge in [-0.15, -0.1) is 0 Å². The number of rotatable bonds is 12. The maximum absolute atomic E-state index is 12.7. The molecule has 13 atom stereocenters. The molecule has 0 aromatic carbocycles. The Hall–Kier alpha value is -1.65. The number of carbonyl (C=O) groups excluding carboxylic acids is 1. The fourth-order valence-corrected chi connectivity index (χ4v) is 5.54. The fraction of sp³-hybridized carbons (Fsp3) is 0.917. The van der Waals surface area contributed by atoms with Crippen LogP contribution in [0, 0.1) is 5.41 Å². The molecular formula is C24H47FN8O9. The van der Waals surface area contributed by atoms with Gasteiger partial charge in [0.05, 0.1) is 30.8 Å². The molecule has 0 radical (unpaired) electrons. The van der Waals surface area contributed by atoms with Crippen molar-refractivity contribution in [1.29, 1.82) is 5.41 Å². The minimum atomic E-state index is -1.52. The van der Waals surface area contributed by atoms with Crippen LogP contribution in [-0.2, 0) is 23.7 Å². The second kappa shape index (κ2) is 15.4. The number of hydrazine groups is 1. The smallest absolute Gasteiger partial charge is 0.250 e. The summed E-state index contributed by atoms with van der Waals surface area (Å²) in [4.78, 5) is 12.6. The first-order chi connectivity index (χ1) is 19.8. The Balaban J connectivity index is 1.78. The van der Waals surface area contributed by atoms with Gasteiger partial charge < -0.3 is 66.8 Å². The van der Waals surface area contributed by atoms with Crippen molar-refractivity contribution < 1.29 is 48.6 Å². The molecule has 0 spiro atoms. The highest BCUT2D eigenvalue weighted by atomic mass is 19.1. The molecule has 2 heterocycles. The van der Waals surface area contributed by atoms with E-state index in [1.54, 1.807) is 7.05 Å². The zero-order valence-corrected chi connectivity index (χ0v) is 23.8. The van der Waals surface area contributed by atoms with E-state index < -0.39 is 91.6 Å². The molecular weight excluding hydrogens is 563 g/mol. The summed E-state index contributed by atoms with van der Waals surface area (Å²) in [5, 5.41) is 58.6. The largest absolute Gasteiger partial charge is 0.388 e. The Labute approximate surface area is 243 Å². The molecule has 244 valence electrons. The topological polar surface area (TPSA) is 285 Å². The molecule has 2 aliphatic heterocycles. The Morgan fingerprint density at radius 3 is 2.50 bits per heavy atom. The Bertz CT molecular complexity index is 895. The van der Waals surface area contributed by atoms with Crippen LogP contribution in [0.2, 0.25) is 0 Å². The average molecular weight is 611 g/mol. The lowest BCUT2D eigenvalue weighted by Gasteiger charge is -2.49. The zero-order valence-electron chi connectivity index (χ0n) is 23.8.